The summed E-state index contributed by atoms with van der Waals surface area (Å²) >= 11 is 0. The number of hydrogen-bond acceptors (Lipinski definition) is 4. The number of carbonyl (C=O) groups excluding carboxylic acids is 1. The first kappa shape index (κ1) is 23.1. The van der Waals surface area contributed by atoms with Crippen LogP contribution in [-0.2, 0) is 13.1 Å². The van der Waals surface area contributed by atoms with Gasteiger partial charge >= 0.3 is 6.03 Å². The Balaban J connectivity index is 1.16. The Morgan fingerprint density at radius 1 is 0.939 bits per heavy atom. The molecule has 0 saturated carbocycles. The van der Waals surface area contributed by atoms with Crippen LogP contribution in [0, 0.1) is 17.2 Å². The summed E-state index contributed by atoms with van der Waals surface area (Å²) in [6.07, 6.45) is 4.42. The minimum absolute atomic E-state index is 0.0988. The Bertz CT molecular complexity index is 934. The molecule has 2 aliphatic heterocycles. The first-order chi connectivity index (χ1) is 16.1. The van der Waals surface area contributed by atoms with E-state index in [4.69, 9.17) is 5.26 Å². The lowest BCUT2D eigenvalue weighted by atomic mass is 9.99. The molecule has 0 bridgehead atoms. The Morgan fingerprint density at radius 3 is 2.21 bits per heavy atom. The van der Waals surface area contributed by atoms with E-state index in [1.165, 1.54) is 31.5 Å². The average molecular weight is 446 g/mol. The molecule has 0 unspecified atom stereocenters. The molecule has 0 radical (unpaired) electrons. The zero-order chi connectivity index (χ0) is 23.0. The van der Waals surface area contributed by atoms with Crippen molar-refractivity contribution in [1.29, 1.82) is 5.26 Å². The molecule has 6 heteroatoms. The molecule has 6 nitrogen and oxygen atoms in total. The van der Waals surface area contributed by atoms with E-state index in [0.29, 0.717) is 12.1 Å². The molecule has 2 N–H and O–H groups in total. The zero-order valence-corrected chi connectivity index (χ0v) is 19.6. The van der Waals surface area contributed by atoms with Gasteiger partial charge in [-0.05, 0) is 80.1 Å². The molecule has 2 fully saturated rings. The molecule has 0 atom stereocenters. The maximum Gasteiger partial charge on any atom is 0.315 e. The lowest BCUT2D eigenvalue weighted by Gasteiger charge is -2.34. The molecular weight excluding hydrogens is 410 g/mol. The summed E-state index contributed by atoms with van der Waals surface area (Å²) in [5.74, 6) is 0.857. The van der Waals surface area contributed by atoms with Crippen LogP contribution in [0.3, 0.4) is 0 Å². The molecule has 4 rings (SSSR count). The first-order valence-electron chi connectivity index (χ1n) is 12.2. The number of nitrogens with one attached hydrogen (secondary N) is 2. The monoisotopic (exact) mass is 445 g/mol. The van der Waals surface area contributed by atoms with Gasteiger partial charge in [0, 0.05) is 37.9 Å². The highest BCUT2D eigenvalue weighted by atomic mass is 16.2. The first-order valence-corrected chi connectivity index (χ1v) is 12.2. The van der Waals surface area contributed by atoms with Gasteiger partial charge in [-0.3, -0.25) is 4.90 Å². The van der Waals surface area contributed by atoms with Crippen molar-refractivity contribution in [2.75, 3.05) is 31.1 Å². The fourth-order valence-electron chi connectivity index (χ4n) is 4.69. The minimum atomic E-state index is -0.0988. The van der Waals surface area contributed by atoms with Gasteiger partial charge in [0.15, 0.2) is 0 Å². The fraction of sp³-hybridized carbons (Fsp3) is 0.481. The topological polar surface area (TPSA) is 71.4 Å². The third kappa shape index (κ3) is 6.72. The molecule has 0 aliphatic carbocycles. The van der Waals surface area contributed by atoms with Crippen molar-refractivity contribution in [3.63, 3.8) is 0 Å². The fourth-order valence-corrected chi connectivity index (χ4v) is 4.69. The van der Waals surface area contributed by atoms with Crippen LogP contribution >= 0.6 is 0 Å². The lowest BCUT2D eigenvalue weighted by molar-refractivity contribution is 0.185. The quantitative estimate of drug-likeness (QED) is 0.697. The third-order valence-corrected chi connectivity index (χ3v) is 6.95. The van der Waals surface area contributed by atoms with E-state index >= 15 is 0 Å². The van der Waals surface area contributed by atoms with Crippen LogP contribution in [0.4, 0.5) is 10.5 Å². The van der Waals surface area contributed by atoms with Crippen molar-refractivity contribution in [3.8, 4) is 6.07 Å². The number of urea groups is 1. The standard InChI is InChI=1S/C27H35N5O/c1-21-10-14-31(15-11-21)20-24-4-2-23(3-5-24)19-29-27(33)30-25-12-16-32(17-13-25)26-8-6-22(18-28)7-9-26/h2-9,21,25H,10-17,19-20H2,1H3,(H2,29,30,33). The molecule has 33 heavy (non-hydrogen) atoms. The normalized spacial score (nSPS) is 18.0. The number of nitrogens with zero attached hydrogens (tertiary/aromatic N) is 3. The predicted octanol–water partition coefficient (Wildman–Crippen LogP) is 4.26. The second-order valence-corrected chi connectivity index (χ2v) is 9.52. The number of hydrogen-bond donors (Lipinski definition) is 2. The molecule has 0 aromatic heterocycles. The summed E-state index contributed by atoms with van der Waals surface area (Å²) in [7, 11) is 0. The van der Waals surface area contributed by atoms with E-state index in [1.807, 2.05) is 24.3 Å². The van der Waals surface area contributed by atoms with E-state index in [0.717, 1.165) is 49.6 Å². The smallest absolute Gasteiger partial charge is 0.315 e. The molecule has 2 aromatic rings. The SMILES string of the molecule is CC1CCN(Cc2ccc(CNC(=O)NC3CCN(c4ccc(C#N)cc4)CC3)cc2)CC1. The zero-order valence-electron chi connectivity index (χ0n) is 19.6. The molecule has 2 saturated heterocycles. The maximum absolute atomic E-state index is 12.4. The van der Waals surface area contributed by atoms with Gasteiger partial charge in [-0.15, -0.1) is 0 Å². The minimum Gasteiger partial charge on any atom is -0.371 e. The molecule has 2 amide bonds. The molecule has 2 aliphatic rings. The van der Waals surface area contributed by atoms with Gasteiger partial charge in [0.2, 0.25) is 0 Å². The van der Waals surface area contributed by atoms with Crippen LogP contribution in [0.1, 0.15) is 49.3 Å². The number of rotatable bonds is 6. The van der Waals surface area contributed by atoms with E-state index in [1.54, 1.807) is 0 Å². The number of nitriles is 1. The molecule has 2 aromatic carbocycles. The van der Waals surface area contributed by atoms with Crippen LogP contribution in [0.2, 0.25) is 0 Å². The molecule has 174 valence electrons. The van der Waals surface area contributed by atoms with Crippen LogP contribution in [0.15, 0.2) is 48.5 Å². The Labute approximate surface area is 197 Å². The van der Waals surface area contributed by atoms with Crippen molar-refractivity contribution in [3.05, 3.63) is 65.2 Å². The van der Waals surface area contributed by atoms with E-state index < -0.39 is 0 Å². The van der Waals surface area contributed by atoms with Gasteiger partial charge in [-0.25, -0.2) is 4.79 Å². The molecule has 2 heterocycles. The highest BCUT2D eigenvalue weighted by molar-refractivity contribution is 5.74. The van der Waals surface area contributed by atoms with Crippen molar-refractivity contribution < 1.29 is 4.79 Å². The second kappa shape index (κ2) is 11.2. The number of likely N-dealkylation sites (tertiary alicyclic amines) is 1. The van der Waals surface area contributed by atoms with Gasteiger partial charge in [-0.1, -0.05) is 31.2 Å². The predicted molar refractivity (Wildman–Crippen MR) is 132 cm³/mol. The van der Waals surface area contributed by atoms with Gasteiger partial charge in [-0.2, -0.15) is 5.26 Å². The van der Waals surface area contributed by atoms with Crippen molar-refractivity contribution in [2.24, 2.45) is 5.92 Å². The maximum atomic E-state index is 12.4. The summed E-state index contributed by atoms with van der Waals surface area (Å²) < 4.78 is 0. The summed E-state index contributed by atoms with van der Waals surface area (Å²) in [6, 6.07) is 18.6. The average Bonchev–Trinajstić information content (AvgIpc) is 2.85. The number of piperidine rings is 2. The van der Waals surface area contributed by atoms with E-state index in [9.17, 15) is 4.79 Å². The summed E-state index contributed by atoms with van der Waals surface area (Å²) in [6.45, 7) is 8.08. The van der Waals surface area contributed by atoms with Crippen LogP contribution in [0.5, 0.6) is 0 Å². The second-order valence-electron chi connectivity index (χ2n) is 9.52. The number of benzene rings is 2. The van der Waals surface area contributed by atoms with E-state index in [2.05, 4.69) is 57.7 Å². The van der Waals surface area contributed by atoms with Crippen LogP contribution < -0.4 is 15.5 Å². The Hall–Kier alpha value is -3.04. The third-order valence-electron chi connectivity index (χ3n) is 6.95. The lowest BCUT2D eigenvalue weighted by Crippen LogP contribution is -2.47. The van der Waals surface area contributed by atoms with Crippen molar-refractivity contribution in [2.45, 2.75) is 51.7 Å². The largest absolute Gasteiger partial charge is 0.371 e. The highest BCUT2D eigenvalue weighted by Crippen LogP contribution is 2.21. The van der Waals surface area contributed by atoms with Gasteiger partial charge in [0.05, 0.1) is 11.6 Å². The van der Waals surface area contributed by atoms with Crippen LogP contribution in [-0.4, -0.2) is 43.2 Å². The summed E-state index contributed by atoms with van der Waals surface area (Å²) in [5, 5.41) is 15.1. The number of carbonyl (C=O) groups is 1. The van der Waals surface area contributed by atoms with Gasteiger partial charge < -0.3 is 15.5 Å². The van der Waals surface area contributed by atoms with Crippen LogP contribution in [0.25, 0.3) is 0 Å². The van der Waals surface area contributed by atoms with Gasteiger partial charge in [0.25, 0.3) is 0 Å². The van der Waals surface area contributed by atoms with Crippen molar-refractivity contribution in [1.82, 2.24) is 15.5 Å². The summed E-state index contributed by atoms with van der Waals surface area (Å²) in [4.78, 5) is 17.2. The Kier molecular flexibility index (Phi) is 7.85. The summed E-state index contributed by atoms with van der Waals surface area (Å²) in [5.41, 5.74) is 4.28. The number of anilines is 1. The molecular formula is C27H35N5O. The Morgan fingerprint density at radius 2 is 1.58 bits per heavy atom. The van der Waals surface area contributed by atoms with Crippen molar-refractivity contribution >= 4 is 11.7 Å². The number of amides is 2. The van der Waals surface area contributed by atoms with Gasteiger partial charge in [0.1, 0.15) is 0 Å². The van der Waals surface area contributed by atoms with E-state index in [-0.39, 0.29) is 12.1 Å². The molecule has 0 spiro atoms. The highest BCUT2D eigenvalue weighted by Gasteiger charge is 2.21.